The van der Waals surface area contributed by atoms with Crippen molar-refractivity contribution in [3.8, 4) is 0 Å². The molecule has 0 unspecified atom stereocenters. The highest BCUT2D eigenvalue weighted by molar-refractivity contribution is 6.31. The molecule has 1 amide bonds. The molecular weight excluding hydrogens is 405 g/mol. The first-order valence-corrected chi connectivity index (χ1v) is 9.77. The van der Waals surface area contributed by atoms with Gasteiger partial charge in [-0.25, -0.2) is 9.18 Å². The van der Waals surface area contributed by atoms with Crippen molar-refractivity contribution in [1.29, 1.82) is 0 Å². The lowest BCUT2D eigenvalue weighted by Crippen LogP contribution is -2.27. The molecule has 6 heteroatoms. The summed E-state index contributed by atoms with van der Waals surface area (Å²) in [5.41, 5.74) is 3.22. The van der Waals surface area contributed by atoms with Gasteiger partial charge in [-0.3, -0.25) is 4.79 Å². The third kappa shape index (κ3) is 5.24. The van der Waals surface area contributed by atoms with Gasteiger partial charge in [0.05, 0.1) is 18.7 Å². The molecule has 0 fully saturated rings. The van der Waals surface area contributed by atoms with Crippen LogP contribution >= 0.6 is 11.6 Å². The van der Waals surface area contributed by atoms with Crippen molar-refractivity contribution < 1.29 is 18.7 Å². The summed E-state index contributed by atoms with van der Waals surface area (Å²) in [6.45, 7) is 1.85. The van der Waals surface area contributed by atoms with Crippen LogP contribution in [-0.4, -0.2) is 19.0 Å². The fourth-order valence-electron chi connectivity index (χ4n) is 3.16. The maximum Gasteiger partial charge on any atom is 0.337 e. The monoisotopic (exact) mass is 425 g/mol. The van der Waals surface area contributed by atoms with Gasteiger partial charge in [0.1, 0.15) is 5.82 Å². The Kier molecular flexibility index (Phi) is 6.85. The SMILES string of the molecule is COC(=O)c1ccc([C@H](C)NC(=O)c2cc(Cl)ccc2Cc2cccc(F)c2)cc1. The minimum atomic E-state index is -0.417. The lowest BCUT2D eigenvalue weighted by atomic mass is 9.98. The van der Waals surface area contributed by atoms with Crippen LogP contribution in [0.5, 0.6) is 0 Å². The van der Waals surface area contributed by atoms with Gasteiger partial charge in [0.25, 0.3) is 5.91 Å². The van der Waals surface area contributed by atoms with Crippen molar-refractivity contribution in [2.75, 3.05) is 7.11 Å². The molecule has 0 aliphatic carbocycles. The van der Waals surface area contributed by atoms with E-state index in [4.69, 9.17) is 16.3 Å². The summed E-state index contributed by atoms with van der Waals surface area (Å²) >= 11 is 6.12. The number of methoxy groups -OCH3 is 1. The molecule has 0 saturated carbocycles. The average molecular weight is 426 g/mol. The van der Waals surface area contributed by atoms with E-state index in [1.54, 1.807) is 48.5 Å². The highest BCUT2D eigenvalue weighted by atomic mass is 35.5. The fraction of sp³-hybridized carbons (Fsp3) is 0.167. The average Bonchev–Trinajstić information content (AvgIpc) is 2.74. The minimum absolute atomic E-state index is 0.284. The molecule has 0 radical (unpaired) electrons. The van der Waals surface area contributed by atoms with Crippen molar-refractivity contribution in [3.05, 3.63) is 105 Å². The molecule has 0 aromatic heterocycles. The van der Waals surface area contributed by atoms with E-state index in [0.29, 0.717) is 22.6 Å². The molecule has 3 aromatic rings. The Hall–Kier alpha value is -3.18. The van der Waals surface area contributed by atoms with Crippen LogP contribution in [0.15, 0.2) is 66.7 Å². The molecule has 0 bridgehead atoms. The van der Waals surface area contributed by atoms with Crippen molar-refractivity contribution in [3.63, 3.8) is 0 Å². The first-order chi connectivity index (χ1) is 14.4. The number of carbonyl (C=O) groups is 2. The van der Waals surface area contributed by atoms with E-state index in [2.05, 4.69) is 5.32 Å². The summed E-state index contributed by atoms with van der Waals surface area (Å²) in [6, 6.07) is 17.9. The number of halogens is 2. The van der Waals surface area contributed by atoms with Crippen LogP contribution in [0.2, 0.25) is 5.02 Å². The Morgan fingerprint density at radius 2 is 1.80 bits per heavy atom. The topological polar surface area (TPSA) is 55.4 Å². The van der Waals surface area contributed by atoms with E-state index in [0.717, 1.165) is 16.7 Å². The van der Waals surface area contributed by atoms with Gasteiger partial charge in [0.2, 0.25) is 0 Å². The summed E-state index contributed by atoms with van der Waals surface area (Å²) in [5.74, 6) is -1.02. The van der Waals surface area contributed by atoms with E-state index < -0.39 is 5.97 Å². The van der Waals surface area contributed by atoms with E-state index in [-0.39, 0.29) is 17.8 Å². The molecule has 30 heavy (non-hydrogen) atoms. The van der Waals surface area contributed by atoms with E-state index >= 15 is 0 Å². The Balaban J connectivity index is 1.79. The Labute approximate surface area is 179 Å². The van der Waals surface area contributed by atoms with E-state index in [1.807, 2.05) is 13.0 Å². The van der Waals surface area contributed by atoms with Gasteiger partial charge in [-0.1, -0.05) is 41.9 Å². The molecule has 1 N–H and O–H groups in total. The third-order valence-corrected chi connectivity index (χ3v) is 5.01. The highest BCUT2D eigenvalue weighted by Gasteiger charge is 2.16. The molecule has 4 nitrogen and oxygen atoms in total. The Morgan fingerprint density at radius 3 is 2.47 bits per heavy atom. The maximum atomic E-state index is 13.5. The number of ether oxygens (including phenoxy) is 1. The van der Waals surface area contributed by atoms with Gasteiger partial charge >= 0.3 is 5.97 Å². The molecule has 1 atom stereocenters. The lowest BCUT2D eigenvalue weighted by Gasteiger charge is -2.17. The smallest absolute Gasteiger partial charge is 0.337 e. The summed E-state index contributed by atoms with van der Waals surface area (Å²) in [7, 11) is 1.32. The van der Waals surface area contributed by atoms with Crippen LogP contribution in [-0.2, 0) is 11.2 Å². The molecule has 3 rings (SSSR count). The fourth-order valence-corrected chi connectivity index (χ4v) is 3.34. The second kappa shape index (κ2) is 9.55. The van der Waals surface area contributed by atoms with Crippen molar-refractivity contribution in [1.82, 2.24) is 5.32 Å². The Bertz CT molecular complexity index is 1070. The number of nitrogens with one attached hydrogen (secondary N) is 1. The maximum absolute atomic E-state index is 13.5. The lowest BCUT2D eigenvalue weighted by molar-refractivity contribution is 0.0600. The summed E-state index contributed by atoms with van der Waals surface area (Å²) in [6.07, 6.45) is 0.403. The molecular formula is C24H21ClFNO3. The van der Waals surface area contributed by atoms with Gasteiger partial charge in [0.15, 0.2) is 0 Å². The first-order valence-electron chi connectivity index (χ1n) is 9.39. The second-order valence-corrected chi connectivity index (χ2v) is 7.35. The van der Waals surface area contributed by atoms with Gasteiger partial charge in [-0.2, -0.15) is 0 Å². The number of hydrogen-bond acceptors (Lipinski definition) is 3. The number of rotatable bonds is 6. The minimum Gasteiger partial charge on any atom is -0.465 e. The molecule has 0 aliphatic rings. The standard InChI is InChI=1S/C24H21ClFNO3/c1-15(17-6-8-18(9-7-17)24(29)30-2)27-23(28)22-14-20(25)11-10-19(22)12-16-4-3-5-21(26)13-16/h3-11,13-15H,12H2,1-2H3,(H,27,28)/t15-/m0/s1. The normalized spacial score (nSPS) is 11.6. The van der Waals surface area contributed by atoms with Gasteiger partial charge in [0, 0.05) is 10.6 Å². The van der Waals surface area contributed by atoms with Gasteiger partial charge in [-0.15, -0.1) is 0 Å². The number of esters is 1. The van der Waals surface area contributed by atoms with Crippen LogP contribution in [0, 0.1) is 5.82 Å². The molecule has 0 aliphatic heterocycles. The molecule has 3 aromatic carbocycles. The van der Waals surface area contributed by atoms with Gasteiger partial charge < -0.3 is 10.1 Å². The Morgan fingerprint density at radius 1 is 1.07 bits per heavy atom. The third-order valence-electron chi connectivity index (χ3n) is 4.78. The number of hydrogen-bond donors (Lipinski definition) is 1. The zero-order chi connectivity index (χ0) is 21.7. The molecule has 0 spiro atoms. The quantitative estimate of drug-likeness (QED) is 0.542. The zero-order valence-electron chi connectivity index (χ0n) is 16.6. The van der Waals surface area contributed by atoms with E-state index in [1.165, 1.54) is 19.2 Å². The van der Waals surface area contributed by atoms with Crippen molar-refractivity contribution >= 4 is 23.5 Å². The highest BCUT2D eigenvalue weighted by Crippen LogP contribution is 2.22. The molecule has 0 heterocycles. The van der Waals surface area contributed by atoms with Crippen molar-refractivity contribution in [2.45, 2.75) is 19.4 Å². The predicted molar refractivity (Wildman–Crippen MR) is 114 cm³/mol. The van der Waals surface area contributed by atoms with Gasteiger partial charge in [-0.05, 0) is 66.4 Å². The summed E-state index contributed by atoms with van der Waals surface area (Å²) < 4.78 is 18.2. The van der Waals surface area contributed by atoms with Crippen LogP contribution < -0.4 is 5.32 Å². The largest absolute Gasteiger partial charge is 0.465 e. The van der Waals surface area contributed by atoms with Crippen molar-refractivity contribution in [2.24, 2.45) is 0 Å². The predicted octanol–water partition coefficient (Wildman–Crippen LogP) is 5.35. The second-order valence-electron chi connectivity index (χ2n) is 6.92. The van der Waals surface area contributed by atoms with Crippen LogP contribution in [0.1, 0.15) is 50.4 Å². The number of amides is 1. The summed E-state index contributed by atoms with van der Waals surface area (Å²) in [5, 5.41) is 3.39. The molecule has 154 valence electrons. The van der Waals surface area contributed by atoms with Crippen LogP contribution in [0.4, 0.5) is 4.39 Å². The molecule has 0 saturated heterocycles. The zero-order valence-corrected chi connectivity index (χ0v) is 17.4. The number of carbonyl (C=O) groups excluding carboxylic acids is 2. The van der Waals surface area contributed by atoms with E-state index in [9.17, 15) is 14.0 Å². The van der Waals surface area contributed by atoms with Crippen LogP contribution in [0.3, 0.4) is 0 Å². The summed E-state index contributed by atoms with van der Waals surface area (Å²) in [4.78, 5) is 24.5. The first kappa shape index (κ1) is 21.5. The van der Waals surface area contributed by atoms with Crippen LogP contribution in [0.25, 0.3) is 0 Å². The number of benzene rings is 3.